The molecule has 58 heavy (non-hydrogen) atoms. The highest BCUT2D eigenvalue weighted by Gasteiger charge is 2.21. The van der Waals surface area contributed by atoms with E-state index in [9.17, 15) is 5.26 Å². The maximum absolute atomic E-state index is 9.79. The molecule has 0 spiro atoms. The summed E-state index contributed by atoms with van der Waals surface area (Å²) in [5.41, 5.74) is 11.6. The third-order valence-electron chi connectivity index (χ3n) is 11.0. The van der Waals surface area contributed by atoms with Crippen molar-refractivity contribution in [2.24, 2.45) is 0 Å². The number of aromatic nitrogens is 5. The number of para-hydroxylation sites is 3. The van der Waals surface area contributed by atoms with E-state index in [1.54, 1.807) is 0 Å². The average Bonchev–Trinajstić information content (AvgIpc) is 3.82. The summed E-state index contributed by atoms with van der Waals surface area (Å²) < 4.78 is 4.70. The number of rotatable bonds is 6. The molecule has 0 N–H and O–H groups in total. The van der Waals surface area contributed by atoms with Crippen LogP contribution in [0.5, 0.6) is 0 Å². The van der Waals surface area contributed by atoms with Gasteiger partial charge in [0.15, 0.2) is 17.5 Å². The summed E-state index contributed by atoms with van der Waals surface area (Å²) in [7, 11) is 0. The van der Waals surface area contributed by atoms with Crippen LogP contribution in [0.3, 0.4) is 0 Å². The first kappa shape index (κ1) is 33.2. The van der Waals surface area contributed by atoms with Gasteiger partial charge in [-0.3, -0.25) is 0 Å². The van der Waals surface area contributed by atoms with Crippen LogP contribution in [0.15, 0.2) is 194 Å². The second-order valence-corrected chi connectivity index (χ2v) is 14.4. The predicted molar refractivity (Wildman–Crippen MR) is 235 cm³/mol. The Bertz CT molecular complexity index is 3300. The Hall–Kier alpha value is -8.14. The summed E-state index contributed by atoms with van der Waals surface area (Å²) in [6.45, 7) is 0. The van der Waals surface area contributed by atoms with E-state index in [1.165, 1.54) is 21.8 Å². The van der Waals surface area contributed by atoms with Crippen LogP contribution in [0.25, 0.3) is 100 Å². The predicted octanol–water partition coefficient (Wildman–Crippen LogP) is 12.6. The van der Waals surface area contributed by atoms with Crippen LogP contribution in [-0.4, -0.2) is 24.1 Å². The number of hydrogen-bond acceptors (Lipinski definition) is 4. The Labute approximate surface area is 334 Å². The van der Waals surface area contributed by atoms with Crippen LogP contribution < -0.4 is 0 Å². The van der Waals surface area contributed by atoms with Crippen molar-refractivity contribution < 1.29 is 0 Å². The second kappa shape index (κ2) is 13.6. The summed E-state index contributed by atoms with van der Waals surface area (Å²) in [6.07, 6.45) is 0. The van der Waals surface area contributed by atoms with Gasteiger partial charge in [0.2, 0.25) is 0 Å². The van der Waals surface area contributed by atoms with Crippen molar-refractivity contribution >= 4 is 43.6 Å². The molecule has 0 unspecified atom stereocenters. The van der Waals surface area contributed by atoms with Crippen molar-refractivity contribution in [1.29, 1.82) is 5.26 Å². The maximum Gasteiger partial charge on any atom is 0.166 e. The van der Waals surface area contributed by atoms with Gasteiger partial charge in [0.1, 0.15) is 0 Å². The summed E-state index contributed by atoms with van der Waals surface area (Å²) >= 11 is 0. The Balaban J connectivity index is 1.19. The normalized spacial score (nSPS) is 11.4. The first-order valence-corrected chi connectivity index (χ1v) is 19.3. The van der Waals surface area contributed by atoms with Crippen LogP contribution in [0, 0.1) is 11.3 Å². The topological polar surface area (TPSA) is 72.3 Å². The van der Waals surface area contributed by atoms with Crippen molar-refractivity contribution in [1.82, 2.24) is 24.1 Å². The fraction of sp³-hybridized carbons (Fsp3) is 0. The lowest BCUT2D eigenvalue weighted by Crippen LogP contribution is -2.04. The lowest BCUT2D eigenvalue weighted by Gasteiger charge is -2.16. The molecule has 8 aromatic carbocycles. The lowest BCUT2D eigenvalue weighted by atomic mass is 9.99. The third-order valence-corrected chi connectivity index (χ3v) is 11.0. The van der Waals surface area contributed by atoms with Gasteiger partial charge in [-0.25, -0.2) is 15.0 Å². The van der Waals surface area contributed by atoms with Gasteiger partial charge in [0.05, 0.1) is 39.4 Å². The van der Waals surface area contributed by atoms with Crippen LogP contribution in [0.2, 0.25) is 0 Å². The number of benzene rings is 8. The highest BCUT2D eigenvalue weighted by molar-refractivity contribution is 6.12. The molecule has 11 rings (SSSR count). The van der Waals surface area contributed by atoms with Crippen molar-refractivity contribution in [3.05, 3.63) is 200 Å². The standard InChI is InChI=1S/C52H32N6/c53-33-34-14-13-19-37(30-34)38-26-28-49(44(31-38)52-55-50(35-15-3-1-4-16-35)54-51(56-52)36-17-5-2-6-18-36)58-47-25-12-9-22-42(47)43-32-39(27-29-48(43)58)57-45-23-10-7-20-40(45)41-21-8-11-24-46(41)57/h1-32H. The van der Waals surface area contributed by atoms with E-state index in [0.29, 0.717) is 23.0 Å². The molecule has 0 radical (unpaired) electrons. The molecule has 0 aliphatic heterocycles. The Morgan fingerprint density at radius 1 is 0.362 bits per heavy atom. The molecule has 0 aliphatic rings. The monoisotopic (exact) mass is 740 g/mol. The van der Waals surface area contributed by atoms with Crippen molar-refractivity contribution in [2.75, 3.05) is 0 Å². The molecule has 6 heteroatoms. The van der Waals surface area contributed by atoms with E-state index in [1.807, 2.05) is 84.9 Å². The van der Waals surface area contributed by atoms with Gasteiger partial charge in [-0.1, -0.05) is 133 Å². The van der Waals surface area contributed by atoms with E-state index < -0.39 is 0 Å². The summed E-state index contributed by atoms with van der Waals surface area (Å²) in [6, 6.07) is 69.2. The van der Waals surface area contributed by atoms with Crippen LogP contribution in [0.4, 0.5) is 0 Å². The molecule has 0 bridgehead atoms. The van der Waals surface area contributed by atoms with Gasteiger partial charge in [-0.05, 0) is 71.8 Å². The van der Waals surface area contributed by atoms with Crippen molar-refractivity contribution in [2.45, 2.75) is 0 Å². The molecule has 3 aromatic heterocycles. The molecule has 0 fully saturated rings. The average molecular weight is 741 g/mol. The molecule has 0 atom stereocenters. The van der Waals surface area contributed by atoms with E-state index in [4.69, 9.17) is 15.0 Å². The summed E-state index contributed by atoms with van der Waals surface area (Å²) in [5.74, 6) is 1.73. The molecule has 11 aromatic rings. The van der Waals surface area contributed by atoms with Crippen LogP contribution in [-0.2, 0) is 0 Å². The molecular weight excluding hydrogens is 709 g/mol. The zero-order valence-electron chi connectivity index (χ0n) is 31.2. The number of nitriles is 1. The Kier molecular flexibility index (Phi) is 7.76. The van der Waals surface area contributed by atoms with Gasteiger partial charge >= 0.3 is 0 Å². The maximum atomic E-state index is 9.79. The molecule has 3 heterocycles. The fourth-order valence-corrected chi connectivity index (χ4v) is 8.35. The van der Waals surface area contributed by atoms with Gasteiger partial charge in [0.25, 0.3) is 0 Å². The fourth-order valence-electron chi connectivity index (χ4n) is 8.35. The Morgan fingerprint density at radius 3 is 1.48 bits per heavy atom. The minimum atomic E-state index is 0.550. The third kappa shape index (κ3) is 5.45. The zero-order valence-corrected chi connectivity index (χ0v) is 31.2. The SMILES string of the molecule is N#Cc1cccc(-c2ccc(-n3c4ccccc4c4cc(-n5c6ccccc6c6ccccc65)ccc43)c(-c3nc(-c4ccccc4)nc(-c4ccccc4)n3)c2)c1. The van der Waals surface area contributed by atoms with Crippen LogP contribution >= 0.6 is 0 Å². The largest absolute Gasteiger partial charge is 0.309 e. The molecule has 270 valence electrons. The first-order chi connectivity index (χ1) is 28.7. The van der Waals surface area contributed by atoms with Gasteiger partial charge in [0, 0.05) is 43.9 Å². The highest BCUT2D eigenvalue weighted by Crippen LogP contribution is 2.40. The van der Waals surface area contributed by atoms with E-state index >= 15 is 0 Å². The van der Waals surface area contributed by atoms with Crippen LogP contribution in [0.1, 0.15) is 5.56 Å². The van der Waals surface area contributed by atoms with E-state index in [-0.39, 0.29) is 0 Å². The molecule has 0 saturated carbocycles. The minimum Gasteiger partial charge on any atom is -0.309 e. The lowest BCUT2D eigenvalue weighted by molar-refractivity contribution is 1.06. The smallest absolute Gasteiger partial charge is 0.166 e. The number of fused-ring (bicyclic) bond motifs is 6. The quantitative estimate of drug-likeness (QED) is 0.170. The Morgan fingerprint density at radius 2 is 0.862 bits per heavy atom. The van der Waals surface area contributed by atoms with E-state index in [0.717, 1.165) is 61.0 Å². The molecule has 0 aliphatic carbocycles. The van der Waals surface area contributed by atoms with Crippen molar-refractivity contribution in [3.8, 4) is 62.7 Å². The van der Waals surface area contributed by atoms with E-state index in [2.05, 4.69) is 124 Å². The second-order valence-electron chi connectivity index (χ2n) is 14.4. The molecule has 0 amide bonds. The molecular formula is C52H32N6. The van der Waals surface area contributed by atoms with Gasteiger partial charge in [-0.2, -0.15) is 5.26 Å². The minimum absolute atomic E-state index is 0.550. The van der Waals surface area contributed by atoms with Gasteiger partial charge < -0.3 is 9.13 Å². The summed E-state index contributed by atoms with van der Waals surface area (Å²) in [5, 5.41) is 14.5. The number of nitrogens with zero attached hydrogens (tertiary/aromatic N) is 6. The molecule has 0 saturated heterocycles. The molecule has 6 nitrogen and oxygen atoms in total. The number of hydrogen-bond donors (Lipinski definition) is 0. The van der Waals surface area contributed by atoms with Crippen molar-refractivity contribution in [3.63, 3.8) is 0 Å². The zero-order chi connectivity index (χ0) is 38.6. The summed E-state index contributed by atoms with van der Waals surface area (Å²) in [4.78, 5) is 15.4. The van der Waals surface area contributed by atoms with Gasteiger partial charge in [-0.15, -0.1) is 0 Å². The first-order valence-electron chi connectivity index (χ1n) is 19.3. The highest BCUT2D eigenvalue weighted by atomic mass is 15.1.